The van der Waals surface area contributed by atoms with E-state index < -0.39 is 0 Å². The van der Waals surface area contributed by atoms with Crippen molar-refractivity contribution >= 4 is 11.4 Å². The quantitative estimate of drug-likeness (QED) is 0.839. The Morgan fingerprint density at radius 1 is 1.38 bits per heavy atom. The predicted molar refractivity (Wildman–Crippen MR) is 68.4 cm³/mol. The molecule has 16 heavy (non-hydrogen) atoms. The molecule has 3 heteroatoms. The van der Waals surface area contributed by atoms with Gasteiger partial charge in [0, 0.05) is 19.3 Å². The van der Waals surface area contributed by atoms with E-state index in [0.29, 0.717) is 6.54 Å². The first-order valence-corrected chi connectivity index (χ1v) is 5.90. The summed E-state index contributed by atoms with van der Waals surface area (Å²) in [7, 11) is 0. The van der Waals surface area contributed by atoms with Crippen LogP contribution in [0.3, 0.4) is 0 Å². The first kappa shape index (κ1) is 11.1. The Bertz CT molecular complexity index is 350. The van der Waals surface area contributed by atoms with Gasteiger partial charge in [0.05, 0.1) is 0 Å². The van der Waals surface area contributed by atoms with Gasteiger partial charge in [-0.2, -0.15) is 0 Å². The molecule has 1 aliphatic heterocycles. The van der Waals surface area contributed by atoms with E-state index in [-0.39, 0.29) is 0 Å². The lowest BCUT2D eigenvalue weighted by Crippen LogP contribution is -2.18. The lowest BCUT2D eigenvalue weighted by atomic mass is 10.1. The summed E-state index contributed by atoms with van der Waals surface area (Å²) in [5.74, 6) is 1.08. The van der Waals surface area contributed by atoms with Crippen molar-refractivity contribution < 1.29 is 0 Å². The molecule has 0 saturated carbocycles. The molecule has 2 rings (SSSR count). The fourth-order valence-corrected chi connectivity index (χ4v) is 2.05. The summed E-state index contributed by atoms with van der Waals surface area (Å²) in [5.41, 5.74) is 7.68. The van der Waals surface area contributed by atoms with Gasteiger partial charge in [-0.3, -0.25) is 0 Å². The van der Waals surface area contributed by atoms with Crippen LogP contribution in [-0.4, -0.2) is 24.6 Å². The summed E-state index contributed by atoms with van der Waals surface area (Å²) in [5, 5.41) is 0. The second kappa shape index (κ2) is 5.12. The molecule has 0 unspecified atom stereocenters. The molecule has 0 aliphatic carbocycles. The van der Waals surface area contributed by atoms with Gasteiger partial charge in [-0.25, -0.2) is 4.98 Å². The van der Waals surface area contributed by atoms with Gasteiger partial charge < -0.3 is 10.6 Å². The molecule has 0 spiro atoms. The van der Waals surface area contributed by atoms with Crippen molar-refractivity contribution in [3.05, 3.63) is 30.5 Å². The van der Waals surface area contributed by atoms with Gasteiger partial charge >= 0.3 is 0 Å². The van der Waals surface area contributed by atoms with Gasteiger partial charge in [0.15, 0.2) is 0 Å². The Balaban J connectivity index is 2.06. The maximum Gasteiger partial charge on any atom is 0.128 e. The first-order valence-electron chi connectivity index (χ1n) is 5.90. The Hall–Kier alpha value is -1.35. The van der Waals surface area contributed by atoms with E-state index in [2.05, 4.69) is 28.6 Å². The molecule has 1 fully saturated rings. The molecule has 0 bridgehead atoms. The zero-order valence-electron chi connectivity index (χ0n) is 9.65. The van der Waals surface area contributed by atoms with Gasteiger partial charge in [-0.05, 0) is 49.1 Å². The minimum atomic E-state index is 0.646. The number of nitrogens with two attached hydrogens (primary N) is 1. The standard InChI is InChI=1S/C13H19N3/c1-11(6-7-14)12-4-5-13(15-10-12)16-8-2-3-9-16/h4-5,10H,1-3,6-9,14H2. The third-order valence-corrected chi connectivity index (χ3v) is 3.03. The smallest absolute Gasteiger partial charge is 0.128 e. The van der Waals surface area contributed by atoms with E-state index in [4.69, 9.17) is 5.73 Å². The Kier molecular flexibility index (Phi) is 3.57. The molecular formula is C13H19N3. The molecule has 86 valence electrons. The number of rotatable bonds is 4. The highest BCUT2D eigenvalue weighted by atomic mass is 15.2. The van der Waals surface area contributed by atoms with Crippen molar-refractivity contribution in [2.45, 2.75) is 19.3 Å². The molecule has 0 atom stereocenters. The van der Waals surface area contributed by atoms with Crippen molar-refractivity contribution in [1.29, 1.82) is 0 Å². The largest absolute Gasteiger partial charge is 0.357 e. The monoisotopic (exact) mass is 217 g/mol. The number of hydrogen-bond donors (Lipinski definition) is 1. The summed E-state index contributed by atoms with van der Waals surface area (Å²) in [6.45, 7) is 6.92. The van der Waals surface area contributed by atoms with Gasteiger partial charge in [0.2, 0.25) is 0 Å². The minimum absolute atomic E-state index is 0.646. The Labute approximate surface area is 97.0 Å². The van der Waals surface area contributed by atoms with Crippen molar-refractivity contribution in [3.63, 3.8) is 0 Å². The van der Waals surface area contributed by atoms with Crippen molar-refractivity contribution in [1.82, 2.24) is 4.98 Å². The molecule has 2 N–H and O–H groups in total. The zero-order valence-corrected chi connectivity index (χ0v) is 9.65. The number of anilines is 1. The lowest BCUT2D eigenvalue weighted by Gasteiger charge is -2.16. The first-order chi connectivity index (χ1) is 7.81. The molecule has 1 saturated heterocycles. The van der Waals surface area contributed by atoms with E-state index in [0.717, 1.165) is 36.5 Å². The van der Waals surface area contributed by atoms with Crippen LogP contribution in [0.5, 0.6) is 0 Å². The van der Waals surface area contributed by atoms with Crippen molar-refractivity contribution in [2.24, 2.45) is 5.73 Å². The summed E-state index contributed by atoms with van der Waals surface area (Å²) in [4.78, 5) is 6.82. The lowest BCUT2D eigenvalue weighted by molar-refractivity contribution is 0.936. The highest BCUT2D eigenvalue weighted by Gasteiger charge is 2.13. The van der Waals surface area contributed by atoms with Crippen LogP contribution in [0.4, 0.5) is 5.82 Å². The number of aromatic nitrogens is 1. The fraction of sp³-hybridized carbons (Fsp3) is 0.462. The summed E-state index contributed by atoms with van der Waals surface area (Å²) < 4.78 is 0. The summed E-state index contributed by atoms with van der Waals surface area (Å²) in [6, 6.07) is 4.18. The van der Waals surface area contributed by atoms with Gasteiger partial charge in [0.25, 0.3) is 0 Å². The summed E-state index contributed by atoms with van der Waals surface area (Å²) >= 11 is 0. The van der Waals surface area contributed by atoms with Crippen LogP contribution in [0, 0.1) is 0 Å². The van der Waals surface area contributed by atoms with Crippen LogP contribution in [0.1, 0.15) is 24.8 Å². The normalized spacial score (nSPS) is 15.4. The molecule has 1 aromatic heterocycles. The predicted octanol–water partition coefficient (Wildman–Crippen LogP) is 2.04. The van der Waals surface area contributed by atoms with E-state index in [9.17, 15) is 0 Å². The average Bonchev–Trinajstić information content (AvgIpc) is 2.83. The van der Waals surface area contributed by atoms with Crippen LogP contribution in [0.25, 0.3) is 5.57 Å². The third kappa shape index (κ3) is 2.42. The van der Waals surface area contributed by atoms with Crippen LogP contribution in [-0.2, 0) is 0 Å². The maximum absolute atomic E-state index is 5.51. The average molecular weight is 217 g/mol. The molecule has 2 heterocycles. The fourth-order valence-electron chi connectivity index (χ4n) is 2.05. The van der Waals surface area contributed by atoms with Gasteiger partial charge in [-0.15, -0.1) is 0 Å². The molecule has 1 aromatic rings. The van der Waals surface area contributed by atoms with Crippen LogP contribution in [0.2, 0.25) is 0 Å². The van der Waals surface area contributed by atoms with E-state index in [1.807, 2.05) is 6.20 Å². The van der Waals surface area contributed by atoms with Crippen LogP contribution < -0.4 is 10.6 Å². The van der Waals surface area contributed by atoms with Crippen molar-refractivity contribution in [2.75, 3.05) is 24.5 Å². The molecule has 3 nitrogen and oxygen atoms in total. The van der Waals surface area contributed by atoms with Gasteiger partial charge in [-0.1, -0.05) is 6.58 Å². The summed E-state index contributed by atoms with van der Waals surface area (Å²) in [6.07, 6.45) is 5.31. The molecule has 0 amide bonds. The molecule has 0 aromatic carbocycles. The van der Waals surface area contributed by atoms with Crippen LogP contribution >= 0.6 is 0 Å². The zero-order chi connectivity index (χ0) is 11.4. The molecule has 0 radical (unpaired) electrons. The van der Waals surface area contributed by atoms with Crippen LogP contribution in [0.15, 0.2) is 24.9 Å². The van der Waals surface area contributed by atoms with Crippen molar-refractivity contribution in [3.8, 4) is 0 Å². The third-order valence-electron chi connectivity index (χ3n) is 3.03. The highest BCUT2D eigenvalue weighted by molar-refractivity contribution is 5.63. The molecular weight excluding hydrogens is 198 g/mol. The second-order valence-corrected chi connectivity index (χ2v) is 4.24. The maximum atomic E-state index is 5.51. The Morgan fingerprint density at radius 3 is 2.69 bits per heavy atom. The topological polar surface area (TPSA) is 42.1 Å². The SMILES string of the molecule is C=C(CCN)c1ccc(N2CCCC2)nc1. The van der Waals surface area contributed by atoms with E-state index >= 15 is 0 Å². The van der Waals surface area contributed by atoms with E-state index in [1.54, 1.807) is 0 Å². The minimum Gasteiger partial charge on any atom is -0.357 e. The highest BCUT2D eigenvalue weighted by Crippen LogP contribution is 2.20. The van der Waals surface area contributed by atoms with Gasteiger partial charge in [0.1, 0.15) is 5.82 Å². The number of hydrogen-bond acceptors (Lipinski definition) is 3. The van der Waals surface area contributed by atoms with E-state index in [1.165, 1.54) is 12.8 Å². The number of nitrogens with zero attached hydrogens (tertiary/aromatic N) is 2. The Morgan fingerprint density at radius 2 is 2.12 bits per heavy atom. The number of pyridine rings is 1. The second-order valence-electron chi connectivity index (χ2n) is 4.24. The molecule has 1 aliphatic rings.